The maximum Gasteiger partial charge on any atom is 0.336 e. The van der Waals surface area contributed by atoms with Crippen LogP contribution >= 0.6 is 0 Å². The van der Waals surface area contributed by atoms with Crippen molar-refractivity contribution in [2.24, 2.45) is 0 Å². The van der Waals surface area contributed by atoms with Gasteiger partial charge in [0.2, 0.25) is 0 Å². The van der Waals surface area contributed by atoms with E-state index in [1.165, 1.54) is 0 Å². The molecule has 1 N–H and O–H groups in total. The predicted molar refractivity (Wildman–Crippen MR) is 37.0 cm³/mol. The fraction of sp³-hybridized carbons (Fsp3) is 0.833. The molecular weight excluding hydrogens is 127 g/mol. The van der Waals surface area contributed by atoms with Gasteiger partial charge in [-0.15, -0.1) is 0 Å². The normalized spacial score (nSPS) is 30.1. The molecule has 0 aromatic heterocycles. The summed E-state index contributed by atoms with van der Waals surface area (Å²) >= 11 is 0. The van der Waals surface area contributed by atoms with Crippen molar-refractivity contribution in [3.8, 4) is 0 Å². The van der Waals surface area contributed by atoms with Gasteiger partial charge in [-0.05, 0) is 6.42 Å². The minimum Gasteiger partial charge on any atom is -0.479 e. The second-order valence-corrected chi connectivity index (χ2v) is 2.25. The van der Waals surface area contributed by atoms with Crippen molar-refractivity contribution in [1.29, 1.82) is 0 Å². The van der Waals surface area contributed by atoms with Gasteiger partial charge in [0.25, 0.3) is 0 Å². The van der Waals surface area contributed by atoms with Crippen LogP contribution in [0.4, 0.5) is 0 Å². The van der Waals surface area contributed by atoms with Crippen LogP contribution in [0.1, 0.15) is 19.8 Å². The van der Waals surface area contributed by atoms with Crippen LogP contribution in [0.2, 0.25) is 0 Å². The molecule has 4 heteroatoms. The van der Waals surface area contributed by atoms with Gasteiger partial charge in [0.15, 0.2) is 5.60 Å². The van der Waals surface area contributed by atoms with Gasteiger partial charge in [-0.3, -0.25) is 0 Å². The van der Waals surface area contributed by atoms with Gasteiger partial charge < -0.3 is 9.84 Å². The monoisotopic (exact) mass is 137 g/mol. The summed E-state index contributed by atoms with van der Waals surface area (Å²) in [7, 11) is 0. The molecule has 3 nitrogen and oxygen atoms in total. The molecule has 1 aliphatic rings. The summed E-state index contributed by atoms with van der Waals surface area (Å²) in [5.74, 6) is -0.823. The molecule has 1 unspecified atom stereocenters. The Kier molecular flexibility index (Phi) is 3.44. The second-order valence-electron chi connectivity index (χ2n) is 2.25. The molecule has 1 fully saturated rings. The van der Waals surface area contributed by atoms with Crippen LogP contribution in [0.15, 0.2) is 0 Å². The summed E-state index contributed by atoms with van der Waals surface area (Å²) in [5.41, 5.74) is -0.819. The van der Waals surface area contributed by atoms with Crippen molar-refractivity contribution in [3.05, 3.63) is 0 Å². The average Bonchev–Trinajstić information content (AvgIpc) is 1.62. The van der Waals surface area contributed by atoms with E-state index in [1.54, 1.807) is 0 Å². The summed E-state index contributed by atoms with van der Waals surface area (Å²) < 4.78 is 4.93. The van der Waals surface area contributed by atoms with Crippen LogP contribution in [0.5, 0.6) is 0 Å². The first-order valence-electron chi connectivity index (χ1n) is 3.08. The van der Waals surface area contributed by atoms with Gasteiger partial charge in [0.05, 0.1) is 6.61 Å². The Morgan fingerprint density at radius 3 is 2.30 bits per heavy atom. The molecule has 1 atom stereocenters. The minimum atomic E-state index is -0.823. The van der Waals surface area contributed by atoms with E-state index in [-0.39, 0.29) is 18.9 Å². The standard InChI is InChI=1S/C6H10O3.Li/c1-2-6(5(7)8)3-4-9-6;/h2-4H2,1H3,(H,7,8);. The third kappa shape index (κ3) is 1.37. The number of hydrogen-bond donors (Lipinski definition) is 1. The molecule has 0 spiro atoms. The number of carboxylic acids is 1. The van der Waals surface area contributed by atoms with Crippen molar-refractivity contribution in [1.82, 2.24) is 0 Å². The number of rotatable bonds is 2. The van der Waals surface area contributed by atoms with Crippen LogP contribution in [-0.4, -0.2) is 42.1 Å². The van der Waals surface area contributed by atoms with E-state index < -0.39 is 11.6 Å². The number of ether oxygens (including phenoxy) is 1. The molecule has 0 aromatic carbocycles. The molecule has 10 heavy (non-hydrogen) atoms. The van der Waals surface area contributed by atoms with Crippen LogP contribution < -0.4 is 0 Å². The van der Waals surface area contributed by atoms with Gasteiger partial charge in [-0.2, -0.15) is 0 Å². The zero-order valence-corrected chi connectivity index (χ0v) is 6.39. The molecule has 0 bridgehead atoms. The maximum absolute atomic E-state index is 10.4. The molecule has 1 rings (SSSR count). The van der Waals surface area contributed by atoms with Crippen LogP contribution in [0.25, 0.3) is 0 Å². The zero-order valence-electron chi connectivity index (χ0n) is 6.39. The van der Waals surface area contributed by atoms with E-state index in [9.17, 15) is 4.79 Å². The summed E-state index contributed by atoms with van der Waals surface area (Å²) in [6.45, 7) is 2.42. The summed E-state index contributed by atoms with van der Waals surface area (Å²) in [6, 6.07) is 0. The molecule has 1 aliphatic heterocycles. The SMILES string of the molecule is CCC1(C(=O)O)CCO1.[Li]. The van der Waals surface area contributed by atoms with E-state index in [1.807, 2.05) is 6.92 Å². The van der Waals surface area contributed by atoms with Crippen LogP contribution in [0.3, 0.4) is 0 Å². The number of hydrogen-bond acceptors (Lipinski definition) is 2. The first-order chi connectivity index (χ1) is 4.21. The minimum absolute atomic E-state index is 0. The molecule has 53 valence electrons. The first kappa shape index (κ1) is 10.0. The summed E-state index contributed by atoms with van der Waals surface area (Å²) in [4.78, 5) is 10.4. The Labute approximate surface area is 71.9 Å². The number of aliphatic carboxylic acids is 1. The molecule has 0 aliphatic carbocycles. The van der Waals surface area contributed by atoms with Gasteiger partial charge in [0, 0.05) is 25.3 Å². The Balaban J connectivity index is 0.000000810. The summed E-state index contributed by atoms with van der Waals surface area (Å²) in [5, 5.41) is 8.56. The van der Waals surface area contributed by atoms with Gasteiger partial charge in [-0.1, -0.05) is 6.92 Å². The fourth-order valence-corrected chi connectivity index (χ4v) is 0.947. The molecular formula is C6H10LiO3. The van der Waals surface area contributed by atoms with E-state index >= 15 is 0 Å². The second kappa shape index (κ2) is 3.43. The Morgan fingerprint density at radius 2 is 2.30 bits per heavy atom. The third-order valence-corrected chi connectivity index (χ3v) is 1.85. The van der Waals surface area contributed by atoms with Gasteiger partial charge >= 0.3 is 5.97 Å². The van der Waals surface area contributed by atoms with Crippen molar-refractivity contribution in [2.75, 3.05) is 6.61 Å². The average molecular weight is 137 g/mol. The van der Waals surface area contributed by atoms with Crippen LogP contribution in [-0.2, 0) is 9.53 Å². The quantitative estimate of drug-likeness (QED) is 0.555. The van der Waals surface area contributed by atoms with Gasteiger partial charge in [0.1, 0.15) is 0 Å². The Morgan fingerprint density at radius 1 is 1.80 bits per heavy atom. The Bertz CT molecular complexity index is 125. The fourth-order valence-electron chi connectivity index (χ4n) is 0.947. The largest absolute Gasteiger partial charge is 0.479 e. The molecule has 0 saturated carbocycles. The predicted octanol–water partition coefficient (Wildman–Crippen LogP) is 0.259. The summed E-state index contributed by atoms with van der Waals surface area (Å²) in [6.07, 6.45) is 1.24. The van der Waals surface area contributed by atoms with Crippen molar-refractivity contribution in [2.45, 2.75) is 25.4 Å². The molecule has 1 radical (unpaired) electrons. The zero-order chi connectivity index (χ0) is 6.91. The van der Waals surface area contributed by atoms with Crippen molar-refractivity contribution in [3.63, 3.8) is 0 Å². The number of carbonyl (C=O) groups is 1. The third-order valence-electron chi connectivity index (χ3n) is 1.85. The van der Waals surface area contributed by atoms with Crippen molar-refractivity contribution < 1.29 is 14.6 Å². The maximum atomic E-state index is 10.4. The topological polar surface area (TPSA) is 46.5 Å². The number of carboxylic acid groups (broad SMARTS) is 1. The van der Waals surface area contributed by atoms with E-state index in [0.717, 1.165) is 0 Å². The van der Waals surface area contributed by atoms with Crippen molar-refractivity contribution >= 4 is 24.8 Å². The molecule has 1 heterocycles. The molecule has 1 saturated heterocycles. The molecule has 0 aromatic rings. The smallest absolute Gasteiger partial charge is 0.336 e. The van der Waals surface area contributed by atoms with Gasteiger partial charge in [-0.25, -0.2) is 4.79 Å². The van der Waals surface area contributed by atoms with E-state index in [2.05, 4.69) is 0 Å². The first-order valence-corrected chi connectivity index (χ1v) is 3.08. The van der Waals surface area contributed by atoms with Crippen LogP contribution in [0, 0.1) is 0 Å². The van der Waals surface area contributed by atoms with E-state index in [4.69, 9.17) is 9.84 Å². The Hall–Kier alpha value is 0.0274. The molecule has 0 amide bonds. The van der Waals surface area contributed by atoms with E-state index in [0.29, 0.717) is 19.4 Å².